The number of fused-ring (bicyclic) bond motifs is 5. The van der Waals surface area contributed by atoms with Crippen LogP contribution in [-0.4, -0.2) is 35.3 Å². The minimum Gasteiger partial charge on any atom is -0.504 e. The summed E-state index contributed by atoms with van der Waals surface area (Å²) in [5, 5.41) is 15.1. The molecule has 7 heteroatoms. The monoisotopic (exact) mass is 390 g/mol. The molecule has 0 radical (unpaired) electrons. The lowest BCUT2D eigenvalue weighted by molar-refractivity contribution is -0.140. The molecule has 2 aliphatic carbocycles. The summed E-state index contributed by atoms with van der Waals surface area (Å²) in [5.74, 6) is -0.578. The lowest BCUT2D eigenvalue weighted by Gasteiger charge is -2.13. The molecule has 1 aliphatic heterocycles. The number of phenolic OH excluding ortho intramolecular Hbond substituents is 1. The first-order valence-electron chi connectivity index (χ1n) is 7.68. The number of halogens is 1. The van der Waals surface area contributed by atoms with Crippen molar-refractivity contribution in [2.24, 2.45) is 28.8 Å². The van der Waals surface area contributed by atoms with Gasteiger partial charge in [0.15, 0.2) is 11.5 Å². The fraction of sp³-hybridized carbons (Fsp3) is 0.353. The van der Waals surface area contributed by atoms with Gasteiger partial charge in [-0.1, -0.05) is 28.1 Å². The third kappa shape index (κ3) is 2.11. The number of carbonyl (C=O) groups excluding carboxylic acids is 2. The molecule has 4 unspecified atom stereocenters. The second kappa shape index (κ2) is 5.44. The lowest BCUT2D eigenvalue weighted by Crippen LogP contribution is -2.28. The highest BCUT2D eigenvalue weighted by atomic mass is 79.9. The van der Waals surface area contributed by atoms with E-state index in [0.717, 1.165) is 11.4 Å². The van der Waals surface area contributed by atoms with Crippen molar-refractivity contribution in [3.63, 3.8) is 0 Å². The topological polar surface area (TPSA) is 79.2 Å². The van der Waals surface area contributed by atoms with Crippen molar-refractivity contribution in [1.29, 1.82) is 0 Å². The minimum absolute atomic E-state index is 0.0922. The number of methoxy groups -OCH3 is 1. The Kier molecular flexibility index (Phi) is 3.49. The zero-order valence-electron chi connectivity index (χ0n) is 12.8. The number of carbonyl (C=O) groups is 2. The van der Waals surface area contributed by atoms with Crippen molar-refractivity contribution < 1.29 is 19.4 Å². The van der Waals surface area contributed by atoms with Crippen molar-refractivity contribution in [3.8, 4) is 11.5 Å². The van der Waals surface area contributed by atoms with E-state index in [0.29, 0.717) is 10.0 Å². The van der Waals surface area contributed by atoms with Crippen molar-refractivity contribution in [2.75, 3.05) is 7.11 Å². The first kappa shape index (κ1) is 15.4. The van der Waals surface area contributed by atoms with Crippen LogP contribution in [-0.2, 0) is 9.59 Å². The predicted octanol–water partition coefficient (Wildman–Crippen LogP) is 2.30. The molecule has 124 valence electrons. The normalized spacial score (nSPS) is 30.7. The van der Waals surface area contributed by atoms with Crippen LogP contribution in [0, 0.1) is 23.7 Å². The molecule has 1 saturated heterocycles. The highest BCUT2D eigenvalue weighted by Gasteiger charge is 2.59. The molecule has 4 rings (SSSR count). The number of aromatic hydroxyl groups is 1. The molecule has 4 atom stereocenters. The Morgan fingerprint density at radius 1 is 1.25 bits per heavy atom. The number of hydrogen-bond donors (Lipinski definition) is 1. The summed E-state index contributed by atoms with van der Waals surface area (Å²) in [6, 6.07) is 3.26. The van der Waals surface area contributed by atoms with Gasteiger partial charge in [0, 0.05) is 10.0 Å². The van der Waals surface area contributed by atoms with Crippen LogP contribution in [0.2, 0.25) is 0 Å². The molecule has 2 amide bonds. The van der Waals surface area contributed by atoms with Gasteiger partial charge in [0.25, 0.3) is 11.8 Å². The molecule has 2 fully saturated rings. The lowest BCUT2D eigenvalue weighted by atomic mass is 9.85. The summed E-state index contributed by atoms with van der Waals surface area (Å²) in [6.07, 6.45) is 6.27. The molecule has 6 nitrogen and oxygen atoms in total. The van der Waals surface area contributed by atoms with Gasteiger partial charge in [-0.3, -0.25) is 9.59 Å². The van der Waals surface area contributed by atoms with Gasteiger partial charge in [0.2, 0.25) is 0 Å². The van der Waals surface area contributed by atoms with Gasteiger partial charge in [-0.2, -0.15) is 10.1 Å². The number of hydrogen-bond acceptors (Lipinski definition) is 5. The van der Waals surface area contributed by atoms with Gasteiger partial charge in [-0.15, -0.1) is 0 Å². The largest absolute Gasteiger partial charge is 0.504 e. The Morgan fingerprint density at radius 3 is 2.46 bits per heavy atom. The summed E-state index contributed by atoms with van der Waals surface area (Å²) < 4.78 is 5.77. The van der Waals surface area contributed by atoms with E-state index in [1.54, 1.807) is 12.1 Å². The Bertz CT molecular complexity index is 774. The van der Waals surface area contributed by atoms with Crippen LogP contribution in [0.1, 0.15) is 12.0 Å². The van der Waals surface area contributed by atoms with E-state index in [1.807, 2.05) is 12.2 Å². The Labute approximate surface area is 146 Å². The van der Waals surface area contributed by atoms with Crippen LogP contribution in [0.15, 0.2) is 33.9 Å². The zero-order valence-corrected chi connectivity index (χ0v) is 14.4. The van der Waals surface area contributed by atoms with Crippen molar-refractivity contribution in [1.82, 2.24) is 5.01 Å². The fourth-order valence-corrected chi connectivity index (χ4v) is 4.42. The molecule has 3 aliphatic rings. The quantitative estimate of drug-likeness (QED) is 0.487. The second-order valence-electron chi connectivity index (χ2n) is 6.28. The van der Waals surface area contributed by atoms with E-state index in [1.165, 1.54) is 13.3 Å². The number of nitrogens with zero attached hydrogens (tertiary/aromatic N) is 2. The van der Waals surface area contributed by atoms with E-state index in [9.17, 15) is 14.7 Å². The summed E-state index contributed by atoms with van der Waals surface area (Å²) >= 11 is 3.32. The first-order valence-corrected chi connectivity index (χ1v) is 8.47. The van der Waals surface area contributed by atoms with E-state index in [2.05, 4.69) is 21.0 Å². The molecule has 1 saturated carbocycles. The maximum absolute atomic E-state index is 12.5. The standard InChI is InChI=1S/C17H15BrN2O4/c1-24-12-6-11(18)5-10(15(12)21)7-19-20-16(22)13-8-2-3-9(4-8)14(13)17(20)23/h2-3,5-9,13-14,21H,4H2,1H3. The number of amides is 2. The zero-order chi connectivity index (χ0) is 17.0. The molecule has 0 aromatic heterocycles. The second-order valence-corrected chi connectivity index (χ2v) is 7.19. The molecule has 2 bridgehead atoms. The number of phenols is 1. The highest BCUT2D eigenvalue weighted by molar-refractivity contribution is 9.10. The van der Waals surface area contributed by atoms with Crippen LogP contribution < -0.4 is 4.74 Å². The van der Waals surface area contributed by atoms with E-state index >= 15 is 0 Å². The van der Waals surface area contributed by atoms with Crippen molar-refractivity contribution in [3.05, 3.63) is 34.3 Å². The van der Waals surface area contributed by atoms with Gasteiger partial charge in [0.05, 0.1) is 25.2 Å². The van der Waals surface area contributed by atoms with Crippen LogP contribution >= 0.6 is 15.9 Å². The maximum Gasteiger partial charge on any atom is 0.254 e. The van der Waals surface area contributed by atoms with Gasteiger partial charge in [-0.05, 0) is 30.4 Å². The van der Waals surface area contributed by atoms with Gasteiger partial charge < -0.3 is 9.84 Å². The number of ether oxygens (including phenoxy) is 1. The predicted molar refractivity (Wildman–Crippen MR) is 89.5 cm³/mol. The number of allylic oxidation sites excluding steroid dienone is 2. The summed E-state index contributed by atoms with van der Waals surface area (Å²) in [4.78, 5) is 25.1. The Balaban J connectivity index is 1.63. The summed E-state index contributed by atoms with van der Waals surface area (Å²) in [7, 11) is 1.44. The minimum atomic E-state index is -0.282. The van der Waals surface area contributed by atoms with E-state index < -0.39 is 0 Å². The average Bonchev–Trinajstić information content (AvgIpc) is 3.23. The van der Waals surface area contributed by atoms with Crippen LogP contribution in [0.5, 0.6) is 11.5 Å². The highest BCUT2D eigenvalue weighted by Crippen LogP contribution is 2.52. The van der Waals surface area contributed by atoms with Crippen molar-refractivity contribution >= 4 is 34.0 Å². The Hall–Kier alpha value is -2.15. The van der Waals surface area contributed by atoms with Crippen LogP contribution in [0.3, 0.4) is 0 Å². The number of rotatable bonds is 3. The number of imide groups is 1. The molecule has 24 heavy (non-hydrogen) atoms. The Morgan fingerprint density at radius 2 is 1.88 bits per heavy atom. The number of hydrazone groups is 1. The third-order valence-electron chi connectivity index (χ3n) is 5.05. The molecule has 0 spiro atoms. The van der Waals surface area contributed by atoms with E-state index in [4.69, 9.17) is 4.74 Å². The third-order valence-corrected chi connectivity index (χ3v) is 5.51. The fourth-order valence-electron chi connectivity index (χ4n) is 3.97. The first-order chi connectivity index (χ1) is 11.5. The van der Waals surface area contributed by atoms with Crippen molar-refractivity contribution in [2.45, 2.75) is 6.42 Å². The molecular formula is C17H15BrN2O4. The maximum atomic E-state index is 12.5. The molecular weight excluding hydrogens is 376 g/mol. The average molecular weight is 391 g/mol. The van der Waals surface area contributed by atoms with E-state index in [-0.39, 0.29) is 47.0 Å². The molecule has 1 heterocycles. The summed E-state index contributed by atoms with van der Waals surface area (Å²) in [5.41, 5.74) is 0.361. The van der Waals surface area contributed by atoms with Gasteiger partial charge in [0.1, 0.15) is 0 Å². The summed E-state index contributed by atoms with van der Waals surface area (Å²) in [6.45, 7) is 0. The SMILES string of the molecule is COc1cc(Br)cc(C=NN2C(=O)C3C4C=CC(C4)C3C2=O)c1O. The molecule has 1 N–H and O–H groups in total. The van der Waals surface area contributed by atoms with Gasteiger partial charge >= 0.3 is 0 Å². The molecule has 1 aromatic rings. The smallest absolute Gasteiger partial charge is 0.254 e. The molecule has 1 aromatic carbocycles. The van der Waals surface area contributed by atoms with Crippen LogP contribution in [0.25, 0.3) is 0 Å². The van der Waals surface area contributed by atoms with Crippen LogP contribution in [0.4, 0.5) is 0 Å². The van der Waals surface area contributed by atoms with Gasteiger partial charge in [-0.25, -0.2) is 0 Å². The number of benzene rings is 1.